The van der Waals surface area contributed by atoms with Crippen LogP contribution in [0.5, 0.6) is 0 Å². The molecule has 16 heavy (non-hydrogen) atoms. The van der Waals surface area contributed by atoms with Crippen molar-refractivity contribution in [1.29, 1.82) is 0 Å². The molecule has 0 amide bonds. The first-order valence-electron chi connectivity index (χ1n) is 4.20. The summed E-state index contributed by atoms with van der Waals surface area (Å²) in [6, 6.07) is 6.81. The first kappa shape index (κ1) is 11.1. The zero-order valence-corrected chi connectivity index (χ0v) is 10.1. The zero-order valence-electron chi connectivity index (χ0n) is 7.76. The normalized spacial score (nSPS) is 10.4. The third-order valence-corrected chi connectivity index (χ3v) is 2.58. The van der Waals surface area contributed by atoms with Gasteiger partial charge in [-0.3, -0.25) is 0 Å². The molecule has 0 aliphatic rings. The van der Waals surface area contributed by atoms with E-state index in [4.69, 9.17) is 16.7 Å². The van der Waals surface area contributed by atoms with Crippen LogP contribution in [0.4, 0.5) is 0 Å². The lowest BCUT2D eigenvalue weighted by Gasteiger charge is -1.98. The van der Waals surface area contributed by atoms with Crippen molar-refractivity contribution in [3.63, 3.8) is 0 Å². The molecule has 0 unspecified atom stereocenters. The Morgan fingerprint density at radius 2 is 2.19 bits per heavy atom. The van der Waals surface area contributed by atoms with Crippen molar-refractivity contribution in [2.45, 2.75) is 0 Å². The maximum absolute atomic E-state index is 10.8. The minimum absolute atomic E-state index is 0.139. The number of halogens is 2. The topological polar surface area (TPSA) is 68.0 Å². The predicted molar refractivity (Wildman–Crippen MR) is 61.0 cm³/mol. The minimum atomic E-state index is -1.14. The summed E-state index contributed by atoms with van der Waals surface area (Å²) in [7, 11) is 0. The highest BCUT2D eigenvalue weighted by Crippen LogP contribution is 2.17. The number of hydrogen-bond donors (Lipinski definition) is 1. The van der Waals surface area contributed by atoms with E-state index in [1.54, 1.807) is 24.3 Å². The summed E-state index contributed by atoms with van der Waals surface area (Å²) in [4.78, 5) is 12.0. The van der Waals surface area contributed by atoms with Crippen LogP contribution in [0.3, 0.4) is 0 Å². The van der Waals surface area contributed by atoms with Crippen molar-refractivity contribution in [3.05, 3.63) is 39.6 Å². The van der Waals surface area contributed by atoms with E-state index in [0.29, 0.717) is 10.7 Å². The number of aromatic nitrogens is 3. The molecule has 0 aliphatic carbocycles. The molecule has 0 atom stereocenters. The molecule has 5 nitrogen and oxygen atoms in total. The summed E-state index contributed by atoms with van der Waals surface area (Å²) in [5.74, 6) is -1.14. The Hall–Kier alpha value is -1.40. The molecule has 0 aliphatic heterocycles. The van der Waals surface area contributed by atoms with Gasteiger partial charge in [-0.15, -0.1) is 15.0 Å². The van der Waals surface area contributed by atoms with Crippen molar-refractivity contribution in [2.75, 3.05) is 0 Å². The molecule has 1 aromatic heterocycles. The zero-order chi connectivity index (χ0) is 11.7. The Balaban J connectivity index is 2.49. The van der Waals surface area contributed by atoms with Crippen molar-refractivity contribution < 1.29 is 9.90 Å². The van der Waals surface area contributed by atoms with E-state index in [2.05, 4.69) is 26.1 Å². The van der Waals surface area contributed by atoms with E-state index in [1.165, 1.54) is 4.80 Å². The SMILES string of the molecule is O=C(O)c1nn(-c2cccc(Cl)c2)nc1Br. The van der Waals surface area contributed by atoms with Gasteiger partial charge in [0, 0.05) is 5.02 Å². The Labute approximate surface area is 104 Å². The Morgan fingerprint density at radius 3 is 2.75 bits per heavy atom. The predicted octanol–water partition coefficient (Wildman–Crippen LogP) is 2.38. The summed E-state index contributed by atoms with van der Waals surface area (Å²) in [5, 5.41) is 17.1. The molecule has 0 fully saturated rings. The largest absolute Gasteiger partial charge is 0.476 e. The van der Waals surface area contributed by atoms with Gasteiger partial charge in [0.25, 0.3) is 0 Å². The van der Waals surface area contributed by atoms with Crippen molar-refractivity contribution in [3.8, 4) is 5.69 Å². The average molecular weight is 303 g/mol. The number of carboxylic acid groups (broad SMARTS) is 1. The van der Waals surface area contributed by atoms with Crippen LogP contribution in [-0.4, -0.2) is 26.1 Å². The fraction of sp³-hybridized carbons (Fsp3) is 0. The summed E-state index contributed by atoms with van der Waals surface area (Å²) in [6.07, 6.45) is 0. The Kier molecular flexibility index (Phi) is 2.93. The first-order chi connectivity index (χ1) is 7.58. The Morgan fingerprint density at radius 1 is 1.44 bits per heavy atom. The number of nitrogens with zero attached hydrogens (tertiary/aromatic N) is 3. The second-order valence-electron chi connectivity index (χ2n) is 2.91. The van der Waals surface area contributed by atoms with Crippen LogP contribution in [0.15, 0.2) is 28.9 Å². The molecule has 1 heterocycles. The van der Waals surface area contributed by atoms with Crippen molar-refractivity contribution in [2.24, 2.45) is 0 Å². The summed E-state index contributed by atoms with van der Waals surface area (Å²) in [5.41, 5.74) is 0.459. The number of hydrogen-bond acceptors (Lipinski definition) is 3. The lowest BCUT2D eigenvalue weighted by Crippen LogP contribution is -2.02. The molecule has 1 aromatic carbocycles. The van der Waals surface area contributed by atoms with Gasteiger partial charge >= 0.3 is 5.97 Å². The van der Waals surface area contributed by atoms with Crippen LogP contribution in [-0.2, 0) is 0 Å². The number of benzene rings is 1. The van der Waals surface area contributed by atoms with Gasteiger partial charge in [0.15, 0.2) is 4.60 Å². The second-order valence-corrected chi connectivity index (χ2v) is 4.10. The Bertz CT molecular complexity index is 555. The van der Waals surface area contributed by atoms with E-state index in [9.17, 15) is 4.79 Å². The molecule has 0 saturated carbocycles. The third-order valence-electron chi connectivity index (χ3n) is 1.81. The van der Waals surface area contributed by atoms with Gasteiger partial charge < -0.3 is 5.11 Å². The first-order valence-corrected chi connectivity index (χ1v) is 5.37. The molecular formula is C9H5BrClN3O2. The van der Waals surface area contributed by atoms with Gasteiger partial charge in [0.1, 0.15) is 0 Å². The third kappa shape index (κ3) is 2.07. The van der Waals surface area contributed by atoms with Crippen LogP contribution in [0.25, 0.3) is 5.69 Å². The van der Waals surface area contributed by atoms with Gasteiger partial charge in [0.2, 0.25) is 5.69 Å². The van der Waals surface area contributed by atoms with Gasteiger partial charge in [-0.2, -0.15) is 0 Å². The molecule has 0 radical (unpaired) electrons. The maximum Gasteiger partial charge on any atom is 0.359 e. The van der Waals surface area contributed by atoms with Crippen molar-refractivity contribution >= 4 is 33.5 Å². The molecule has 0 spiro atoms. The van der Waals surface area contributed by atoms with E-state index in [0.717, 1.165) is 0 Å². The van der Waals surface area contributed by atoms with Crippen LogP contribution in [0, 0.1) is 0 Å². The van der Waals surface area contributed by atoms with E-state index < -0.39 is 5.97 Å². The standard InChI is InChI=1S/C9H5BrClN3O2/c10-8-7(9(15)16)12-14(13-8)6-3-1-2-5(11)4-6/h1-4H,(H,15,16). The molecule has 1 N–H and O–H groups in total. The smallest absolute Gasteiger partial charge is 0.359 e. The monoisotopic (exact) mass is 301 g/mol. The number of carboxylic acids is 1. The summed E-state index contributed by atoms with van der Waals surface area (Å²) >= 11 is 8.83. The van der Waals surface area contributed by atoms with E-state index in [1.807, 2.05) is 0 Å². The highest BCUT2D eigenvalue weighted by molar-refractivity contribution is 9.10. The minimum Gasteiger partial charge on any atom is -0.476 e. The number of aromatic carboxylic acids is 1. The van der Waals surface area contributed by atoms with Crippen molar-refractivity contribution in [1.82, 2.24) is 15.0 Å². The van der Waals surface area contributed by atoms with Crippen LogP contribution in [0.2, 0.25) is 5.02 Å². The highest BCUT2D eigenvalue weighted by Gasteiger charge is 2.16. The van der Waals surface area contributed by atoms with Crippen LogP contribution in [0.1, 0.15) is 10.5 Å². The summed E-state index contributed by atoms with van der Waals surface area (Å²) < 4.78 is 0.181. The number of rotatable bonds is 2. The lowest BCUT2D eigenvalue weighted by molar-refractivity contribution is 0.0689. The molecule has 2 rings (SSSR count). The fourth-order valence-electron chi connectivity index (χ4n) is 1.14. The fourth-order valence-corrected chi connectivity index (χ4v) is 1.72. The van der Waals surface area contributed by atoms with Gasteiger partial charge in [-0.25, -0.2) is 4.79 Å². The molecule has 82 valence electrons. The van der Waals surface area contributed by atoms with Gasteiger partial charge in [-0.05, 0) is 34.1 Å². The van der Waals surface area contributed by atoms with E-state index >= 15 is 0 Å². The molecule has 0 saturated heterocycles. The quantitative estimate of drug-likeness (QED) is 0.925. The second kappa shape index (κ2) is 4.23. The van der Waals surface area contributed by atoms with Crippen LogP contribution >= 0.6 is 27.5 Å². The summed E-state index contributed by atoms with van der Waals surface area (Å²) in [6.45, 7) is 0. The molecule has 7 heteroatoms. The molecule has 2 aromatic rings. The maximum atomic E-state index is 10.8. The number of carbonyl (C=O) groups is 1. The van der Waals surface area contributed by atoms with Gasteiger partial charge in [0.05, 0.1) is 5.69 Å². The molecule has 0 bridgehead atoms. The molecular weight excluding hydrogens is 297 g/mol. The van der Waals surface area contributed by atoms with E-state index in [-0.39, 0.29) is 10.3 Å². The lowest BCUT2D eigenvalue weighted by atomic mass is 10.3. The average Bonchev–Trinajstić information content (AvgIpc) is 2.60. The van der Waals surface area contributed by atoms with Gasteiger partial charge in [-0.1, -0.05) is 17.7 Å². The highest BCUT2D eigenvalue weighted by atomic mass is 79.9. The van der Waals surface area contributed by atoms with Crippen LogP contribution < -0.4 is 0 Å².